The molecule has 0 saturated heterocycles. The molecule has 1 N–H and O–H groups in total. The smallest absolute Gasteiger partial charge is 0.0832 e. The Morgan fingerprint density at radius 1 is 1.28 bits per heavy atom. The zero-order valence-corrected chi connectivity index (χ0v) is 11.2. The van der Waals surface area contributed by atoms with E-state index in [-0.39, 0.29) is 0 Å². The Kier molecular flexibility index (Phi) is 3.67. The molecule has 2 aliphatic rings. The quantitative estimate of drug-likeness (QED) is 0.860. The van der Waals surface area contributed by atoms with Crippen molar-refractivity contribution in [2.24, 2.45) is 0 Å². The van der Waals surface area contributed by atoms with Crippen molar-refractivity contribution >= 4 is 0 Å². The van der Waals surface area contributed by atoms with Crippen LogP contribution in [0.15, 0.2) is 24.3 Å². The van der Waals surface area contributed by atoms with E-state index in [0.29, 0.717) is 12.2 Å². The normalized spacial score (nSPS) is 24.6. The summed E-state index contributed by atoms with van der Waals surface area (Å²) < 4.78 is 6.23. The van der Waals surface area contributed by atoms with Crippen LogP contribution in [0.3, 0.4) is 0 Å². The predicted molar refractivity (Wildman–Crippen MR) is 73.7 cm³/mol. The number of benzene rings is 1. The minimum atomic E-state index is 0.307. The molecule has 98 valence electrons. The summed E-state index contributed by atoms with van der Waals surface area (Å²) in [4.78, 5) is 0. The van der Waals surface area contributed by atoms with E-state index in [4.69, 9.17) is 4.74 Å². The van der Waals surface area contributed by atoms with Gasteiger partial charge in [0, 0.05) is 12.6 Å². The highest BCUT2D eigenvalue weighted by Crippen LogP contribution is 2.33. The fourth-order valence-corrected chi connectivity index (χ4v) is 2.80. The molecule has 0 spiro atoms. The van der Waals surface area contributed by atoms with Crippen LogP contribution in [-0.2, 0) is 11.2 Å². The second-order valence-electron chi connectivity index (χ2n) is 5.71. The predicted octanol–water partition coefficient (Wildman–Crippen LogP) is 3.22. The summed E-state index contributed by atoms with van der Waals surface area (Å²) in [5.74, 6) is 0. The van der Waals surface area contributed by atoms with Gasteiger partial charge in [-0.15, -0.1) is 0 Å². The van der Waals surface area contributed by atoms with E-state index in [2.05, 4.69) is 36.5 Å². The summed E-state index contributed by atoms with van der Waals surface area (Å²) in [6.45, 7) is 3.18. The highest BCUT2D eigenvalue weighted by Gasteiger charge is 2.24. The summed E-state index contributed by atoms with van der Waals surface area (Å²) in [7, 11) is 0. The molecule has 1 saturated carbocycles. The molecule has 0 heterocycles. The van der Waals surface area contributed by atoms with Crippen molar-refractivity contribution < 1.29 is 4.74 Å². The summed E-state index contributed by atoms with van der Waals surface area (Å²) >= 11 is 0. The fraction of sp³-hybridized carbons (Fsp3) is 0.625. The average molecular weight is 245 g/mol. The molecule has 0 aliphatic heterocycles. The Morgan fingerprint density at radius 2 is 2.11 bits per heavy atom. The molecule has 2 unspecified atom stereocenters. The highest BCUT2D eigenvalue weighted by atomic mass is 16.5. The molecule has 0 aromatic heterocycles. The Bertz CT molecular complexity index is 400. The molecule has 2 atom stereocenters. The first-order valence-electron chi connectivity index (χ1n) is 7.29. The Labute approximate surface area is 110 Å². The van der Waals surface area contributed by atoms with Crippen molar-refractivity contribution in [1.82, 2.24) is 5.32 Å². The van der Waals surface area contributed by atoms with Gasteiger partial charge >= 0.3 is 0 Å². The molecule has 3 rings (SSSR count). The van der Waals surface area contributed by atoms with Crippen LogP contribution in [0.4, 0.5) is 0 Å². The number of hydrogen-bond donors (Lipinski definition) is 1. The lowest BCUT2D eigenvalue weighted by Crippen LogP contribution is -2.30. The third-order valence-corrected chi connectivity index (χ3v) is 3.98. The first-order valence-corrected chi connectivity index (χ1v) is 7.29. The lowest BCUT2D eigenvalue weighted by atomic mass is 9.89. The molecular formula is C16H23NO. The van der Waals surface area contributed by atoms with Crippen molar-refractivity contribution in [2.45, 2.75) is 57.3 Å². The van der Waals surface area contributed by atoms with Crippen LogP contribution in [0.5, 0.6) is 0 Å². The topological polar surface area (TPSA) is 21.3 Å². The maximum Gasteiger partial charge on any atom is 0.0832 e. The molecule has 1 aromatic rings. The number of rotatable bonds is 5. The zero-order chi connectivity index (χ0) is 12.4. The van der Waals surface area contributed by atoms with Gasteiger partial charge in [0.2, 0.25) is 0 Å². The van der Waals surface area contributed by atoms with E-state index in [1.807, 2.05) is 0 Å². The van der Waals surface area contributed by atoms with Gasteiger partial charge in [-0.05, 0) is 50.2 Å². The number of ether oxygens (including phenoxy) is 1. The second-order valence-corrected chi connectivity index (χ2v) is 5.71. The van der Waals surface area contributed by atoms with Crippen LogP contribution in [-0.4, -0.2) is 18.7 Å². The number of nitrogens with one attached hydrogen (secondary N) is 1. The monoisotopic (exact) mass is 245 g/mol. The van der Waals surface area contributed by atoms with Gasteiger partial charge in [0.25, 0.3) is 0 Å². The summed E-state index contributed by atoms with van der Waals surface area (Å²) in [5, 5.41) is 3.54. The lowest BCUT2D eigenvalue weighted by molar-refractivity contribution is -0.0118. The van der Waals surface area contributed by atoms with Gasteiger partial charge in [-0.3, -0.25) is 0 Å². The van der Waals surface area contributed by atoms with Crippen molar-refractivity contribution in [1.29, 1.82) is 0 Å². The number of hydrogen-bond acceptors (Lipinski definition) is 2. The van der Waals surface area contributed by atoms with E-state index in [1.54, 1.807) is 0 Å². The van der Waals surface area contributed by atoms with E-state index >= 15 is 0 Å². The van der Waals surface area contributed by atoms with Gasteiger partial charge in [-0.25, -0.2) is 0 Å². The number of aryl methyl sites for hydroxylation is 1. The first-order chi connectivity index (χ1) is 8.83. The second kappa shape index (κ2) is 5.41. The van der Waals surface area contributed by atoms with Gasteiger partial charge in [-0.1, -0.05) is 24.3 Å². The van der Waals surface area contributed by atoms with Crippen LogP contribution in [0, 0.1) is 0 Å². The maximum absolute atomic E-state index is 6.23. The molecular weight excluding hydrogens is 222 g/mol. The van der Waals surface area contributed by atoms with Gasteiger partial charge in [0.15, 0.2) is 0 Å². The van der Waals surface area contributed by atoms with Crippen molar-refractivity contribution in [2.75, 3.05) is 6.54 Å². The van der Waals surface area contributed by atoms with Crippen LogP contribution in [0.2, 0.25) is 0 Å². The minimum Gasteiger partial charge on any atom is -0.369 e. The van der Waals surface area contributed by atoms with Gasteiger partial charge in [0.05, 0.1) is 12.2 Å². The molecule has 2 aliphatic carbocycles. The summed E-state index contributed by atoms with van der Waals surface area (Å²) in [6, 6.07) is 9.53. The molecule has 18 heavy (non-hydrogen) atoms. The first kappa shape index (κ1) is 12.2. The SMILES string of the molecule is CC(CNC1CC1)OC1CCCc2ccccc21. The maximum atomic E-state index is 6.23. The van der Waals surface area contributed by atoms with Crippen LogP contribution < -0.4 is 5.32 Å². The van der Waals surface area contributed by atoms with Gasteiger partial charge in [0.1, 0.15) is 0 Å². The Morgan fingerprint density at radius 3 is 2.94 bits per heavy atom. The Hall–Kier alpha value is -0.860. The van der Waals surface area contributed by atoms with Gasteiger partial charge in [-0.2, -0.15) is 0 Å². The van der Waals surface area contributed by atoms with Crippen LogP contribution in [0.25, 0.3) is 0 Å². The van der Waals surface area contributed by atoms with E-state index in [1.165, 1.54) is 43.2 Å². The zero-order valence-electron chi connectivity index (χ0n) is 11.2. The molecule has 1 aromatic carbocycles. The molecule has 2 heteroatoms. The molecule has 2 nitrogen and oxygen atoms in total. The third kappa shape index (κ3) is 2.93. The van der Waals surface area contributed by atoms with Crippen molar-refractivity contribution in [3.05, 3.63) is 35.4 Å². The van der Waals surface area contributed by atoms with E-state index in [0.717, 1.165) is 12.6 Å². The molecule has 0 bridgehead atoms. The van der Waals surface area contributed by atoms with E-state index in [9.17, 15) is 0 Å². The Balaban J connectivity index is 1.58. The molecule has 1 fully saturated rings. The van der Waals surface area contributed by atoms with Crippen LogP contribution >= 0.6 is 0 Å². The average Bonchev–Trinajstić information content (AvgIpc) is 3.21. The van der Waals surface area contributed by atoms with Gasteiger partial charge < -0.3 is 10.1 Å². The lowest BCUT2D eigenvalue weighted by Gasteiger charge is -2.28. The van der Waals surface area contributed by atoms with E-state index < -0.39 is 0 Å². The standard InChI is InChI=1S/C16H23NO/c1-12(11-17-14-9-10-14)18-16-8-4-6-13-5-2-3-7-15(13)16/h2-3,5,7,12,14,16-17H,4,6,8-11H2,1H3. The van der Waals surface area contributed by atoms with Crippen molar-refractivity contribution in [3.8, 4) is 0 Å². The largest absolute Gasteiger partial charge is 0.369 e. The van der Waals surface area contributed by atoms with Crippen LogP contribution in [0.1, 0.15) is 49.8 Å². The third-order valence-electron chi connectivity index (χ3n) is 3.98. The molecule has 0 amide bonds. The van der Waals surface area contributed by atoms with Crippen molar-refractivity contribution in [3.63, 3.8) is 0 Å². The summed E-state index contributed by atoms with van der Waals surface area (Å²) in [5.41, 5.74) is 2.90. The fourth-order valence-electron chi connectivity index (χ4n) is 2.80. The number of fused-ring (bicyclic) bond motifs is 1. The minimum absolute atomic E-state index is 0.307. The highest BCUT2D eigenvalue weighted by molar-refractivity contribution is 5.31. The summed E-state index contributed by atoms with van der Waals surface area (Å²) in [6.07, 6.45) is 6.95. The molecule has 0 radical (unpaired) electrons.